The fraction of sp³-hybridized carbons (Fsp3) is 0.381. The van der Waals surface area contributed by atoms with E-state index < -0.39 is 9.84 Å². The molecular weight excluding hydrogens is 348 g/mol. The van der Waals surface area contributed by atoms with Crippen molar-refractivity contribution in [2.45, 2.75) is 42.6 Å². The van der Waals surface area contributed by atoms with Gasteiger partial charge in [0.15, 0.2) is 15.6 Å². The van der Waals surface area contributed by atoms with E-state index in [-0.39, 0.29) is 22.2 Å². The van der Waals surface area contributed by atoms with E-state index in [0.717, 1.165) is 28.4 Å². The van der Waals surface area contributed by atoms with Crippen LogP contribution in [-0.4, -0.2) is 24.7 Å². The minimum absolute atomic E-state index is 0.0731. The van der Waals surface area contributed by atoms with Crippen LogP contribution in [0.2, 0.25) is 0 Å². The summed E-state index contributed by atoms with van der Waals surface area (Å²) in [4.78, 5) is 13.1. The number of sulfone groups is 1. The van der Waals surface area contributed by atoms with Gasteiger partial charge in [-0.2, -0.15) is 0 Å². The third-order valence-corrected chi connectivity index (χ3v) is 8.82. The quantitative estimate of drug-likeness (QED) is 0.624. The molecule has 0 aliphatic carbocycles. The van der Waals surface area contributed by atoms with Crippen molar-refractivity contribution in [3.8, 4) is 0 Å². The molecule has 4 nitrogen and oxygen atoms in total. The highest BCUT2D eigenvalue weighted by atomic mass is 32.2. The lowest BCUT2D eigenvalue weighted by Crippen LogP contribution is -2.45. The van der Waals surface area contributed by atoms with Crippen molar-refractivity contribution in [3.63, 3.8) is 0 Å². The van der Waals surface area contributed by atoms with Gasteiger partial charge in [-0.3, -0.25) is 4.79 Å². The number of benzene rings is 2. The Kier molecular flexibility index (Phi) is 3.51. The lowest BCUT2D eigenvalue weighted by molar-refractivity contribution is 0.0894. The van der Waals surface area contributed by atoms with Gasteiger partial charge in [-0.05, 0) is 49.9 Å². The molecule has 0 radical (unpaired) electrons. The molecule has 5 heteroatoms. The standard InChI is InChI=1S/C21H20O4S/c22-21(14-10-15-4-3-5-16(11-14)26(15,23)24)13-8-9-20-18(12-13)17-6-1-2-7-19(17)25-20/h1-2,6-9,12,14-16H,3-5,10-11H2. The maximum Gasteiger partial charge on any atom is 0.166 e. The molecule has 2 fully saturated rings. The Labute approximate surface area is 152 Å². The molecule has 2 aliphatic heterocycles. The molecule has 2 unspecified atom stereocenters. The highest BCUT2D eigenvalue weighted by Crippen LogP contribution is 2.41. The highest BCUT2D eigenvalue weighted by molar-refractivity contribution is 7.92. The fourth-order valence-corrected chi connectivity index (χ4v) is 7.27. The Morgan fingerprint density at radius 3 is 2.38 bits per heavy atom. The fourth-order valence-electron chi connectivity index (χ4n) is 4.74. The molecular formula is C21H20O4S. The van der Waals surface area contributed by atoms with Crippen molar-refractivity contribution in [2.24, 2.45) is 5.92 Å². The van der Waals surface area contributed by atoms with Crippen LogP contribution in [0, 0.1) is 5.92 Å². The van der Waals surface area contributed by atoms with E-state index in [0.29, 0.717) is 31.2 Å². The Morgan fingerprint density at radius 1 is 0.923 bits per heavy atom. The van der Waals surface area contributed by atoms with Gasteiger partial charge in [-0.1, -0.05) is 24.6 Å². The van der Waals surface area contributed by atoms with Crippen molar-refractivity contribution in [3.05, 3.63) is 48.0 Å². The zero-order valence-electron chi connectivity index (χ0n) is 14.4. The van der Waals surface area contributed by atoms with Crippen LogP contribution in [-0.2, 0) is 9.84 Å². The van der Waals surface area contributed by atoms with E-state index in [2.05, 4.69) is 0 Å². The van der Waals surface area contributed by atoms with Gasteiger partial charge >= 0.3 is 0 Å². The smallest absolute Gasteiger partial charge is 0.166 e. The number of carbonyl (C=O) groups excluding carboxylic acids is 1. The van der Waals surface area contributed by atoms with Crippen LogP contribution in [0.25, 0.3) is 21.9 Å². The van der Waals surface area contributed by atoms with Gasteiger partial charge in [0, 0.05) is 22.3 Å². The molecule has 0 saturated carbocycles. The molecule has 2 saturated heterocycles. The number of hydrogen-bond acceptors (Lipinski definition) is 4. The Hall–Kier alpha value is -2.14. The maximum atomic E-state index is 13.1. The number of fused-ring (bicyclic) bond motifs is 5. The number of Topliss-reactive ketones (excluding diaryl/α,β-unsaturated/α-hetero) is 1. The third kappa shape index (κ3) is 2.33. The summed E-state index contributed by atoms with van der Waals surface area (Å²) >= 11 is 0. The van der Waals surface area contributed by atoms with Crippen LogP contribution >= 0.6 is 0 Å². The summed E-state index contributed by atoms with van der Waals surface area (Å²) in [5.74, 6) is -0.117. The summed E-state index contributed by atoms with van der Waals surface area (Å²) in [6.45, 7) is 0. The minimum Gasteiger partial charge on any atom is -0.456 e. The summed E-state index contributed by atoms with van der Waals surface area (Å²) in [7, 11) is -3.04. The Morgan fingerprint density at radius 2 is 1.62 bits per heavy atom. The van der Waals surface area contributed by atoms with Crippen molar-refractivity contribution in [1.82, 2.24) is 0 Å². The second kappa shape index (κ2) is 5.68. The van der Waals surface area contributed by atoms with Crippen LogP contribution in [0.15, 0.2) is 46.9 Å². The van der Waals surface area contributed by atoms with Gasteiger partial charge in [-0.15, -0.1) is 0 Å². The normalized spacial score (nSPS) is 27.6. The first-order chi connectivity index (χ1) is 12.5. The Balaban J connectivity index is 1.52. The molecule has 134 valence electrons. The molecule has 0 N–H and O–H groups in total. The summed E-state index contributed by atoms with van der Waals surface area (Å²) in [5.41, 5.74) is 2.24. The van der Waals surface area contributed by atoms with Gasteiger partial charge in [0.05, 0.1) is 10.5 Å². The molecule has 2 atom stereocenters. The average molecular weight is 368 g/mol. The summed E-state index contributed by atoms with van der Waals surface area (Å²) in [6, 6.07) is 13.4. The van der Waals surface area contributed by atoms with Gasteiger partial charge in [0.1, 0.15) is 11.2 Å². The van der Waals surface area contributed by atoms with Gasteiger partial charge in [0.25, 0.3) is 0 Å². The second-order valence-electron chi connectivity index (χ2n) is 7.61. The van der Waals surface area contributed by atoms with Crippen LogP contribution in [0.5, 0.6) is 0 Å². The zero-order chi connectivity index (χ0) is 17.9. The van der Waals surface area contributed by atoms with E-state index in [1.807, 2.05) is 42.5 Å². The SMILES string of the molecule is O=C(c1ccc2oc3ccccc3c2c1)C1CC2CCCC(C1)S2(=O)=O. The van der Waals surface area contributed by atoms with Crippen LogP contribution in [0.4, 0.5) is 0 Å². The molecule has 5 rings (SSSR count). The van der Waals surface area contributed by atoms with Crippen LogP contribution in [0.3, 0.4) is 0 Å². The molecule has 1 aromatic heterocycles. The number of para-hydroxylation sites is 1. The summed E-state index contributed by atoms with van der Waals surface area (Å²) < 4.78 is 30.8. The van der Waals surface area contributed by atoms with Crippen molar-refractivity contribution in [1.29, 1.82) is 0 Å². The summed E-state index contributed by atoms with van der Waals surface area (Å²) in [6.07, 6.45) is 3.31. The number of rotatable bonds is 2. The average Bonchev–Trinajstić information content (AvgIpc) is 2.98. The maximum absolute atomic E-state index is 13.1. The first kappa shape index (κ1) is 16.1. The summed E-state index contributed by atoms with van der Waals surface area (Å²) in [5, 5.41) is 1.28. The van der Waals surface area contributed by atoms with E-state index in [1.54, 1.807) is 0 Å². The first-order valence-corrected chi connectivity index (χ1v) is 10.8. The monoisotopic (exact) mass is 368 g/mol. The predicted octanol–water partition coefficient (Wildman–Crippen LogP) is 4.51. The Bertz CT molecular complexity index is 1110. The number of furan rings is 1. The van der Waals surface area contributed by atoms with Gasteiger partial charge < -0.3 is 4.42 Å². The van der Waals surface area contributed by atoms with Gasteiger partial charge in [-0.25, -0.2) is 8.42 Å². The third-order valence-electron chi connectivity index (χ3n) is 6.11. The van der Waals surface area contributed by atoms with Crippen molar-refractivity contribution < 1.29 is 17.6 Å². The van der Waals surface area contributed by atoms with E-state index in [4.69, 9.17) is 4.42 Å². The second-order valence-corrected chi connectivity index (χ2v) is 10.1. The number of ketones is 1. The van der Waals surface area contributed by atoms with Crippen molar-refractivity contribution >= 4 is 37.6 Å². The molecule has 3 aromatic rings. The van der Waals surface area contributed by atoms with E-state index in [1.165, 1.54) is 0 Å². The molecule has 2 bridgehead atoms. The minimum atomic E-state index is -3.04. The number of hydrogen-bond donors (Lipinski definition) is 0. The molecule has 2 aliphatic rings. The van der Waals surface area contributed by atoms with Crippen LogP contribution < -0.4 is 0 Å². The van der Waals surface area contributed by atoms with E-state index >= 15 is 0 Å². The topological polar surface area (TPSA) is 64.3 Å². The van der Waals surface area contributed by atoms with E-state index in [9.17, 15) is 13.2 Å². The molecule has 2 aromatic carbocycles. The largest absolute Gasteiger partial charge is 0.456 e. The highest BCUT2D eigenvalue weighted by Gasteiger charge is 2.46. The molecule has 0 spiro atoms. The zero-order valence-corrected chi connectivity index (χ0v) is 15.2. The first-order valence-electron chi connectivity index (χ1n) is 9.22. The van der Waals surface area contributed by atoms with Crippen LogP contribution in [0.1, 0.15) is 42.5 Å². The molecule has 26 heavy (non-hydrogen) atoms. The van der Waals surface area contributed by atoms with Crippen molar-refractivity contribution in [2.75, 3.05) is 0 Å². The molecule has 3 heterocycles. The number of carbonyl (C=O) groups is 1. The van der Waals surface area contributed by atoms with Gasteiger partial charge in [0.2, 0.25) is 0 Å². The molecule has 0 amide bonds. The lowest BCUT2D eigenvalue weighted by Gasteiger charge is -2.38. The predicted molar refractivity (Wildman–Crippen MR) is 101 cm³/mol. The lowest BCUT2D eigenvalue weighted by atomic mass is 9.84.